The van der Waals surface area contributed by atoms with Gasteiger partial charge in [0.25, 0.3) is 0 Å². The van der Waals surface area contributed by atoms with Gasteiger partial charge < -0.3 is 15.9 Å². The molecule has 0 spiro atoms. The van der Waals surface area contributed by atoms with E-state index in [1.165, 1.54) is 6.42 Å². The third-order valence-electron chi connectivity index (χ3n) is 4.47. The minimum Gasteiger partial charge on any atom is -0.388 e. The van der Waals surface area contributed by atoms with E-state index in [4.69, 9.17) is 5.73 Å². The van der Waals surface area contributed by atoms with Crippen LogP contribution in [0.5, 0.6) is 0 Å². The highest BCUT2D eigenvalue weighted by molar-refractivity contribution is 5.52. The second-order valence-corrected chi connectivity index (χ2v) is 6.33. The Morgan fingerprint density at radius 3 is 2.67 bits per heavy atom. The Labute approximate surface area is 127 Å². The molecule has 1 aromatic rings. The largest absolute Gasteiger partial charge is 0.388 e. The zero-order chi connectivity index (χ0) is 15.3. The molecule has 2 unspecified atom stereocenters. The number of hydrogen-bond donors (Lipinski definition) is 3. The van der Waals surface area contributed by atoms with Crippen LogP contribution in [0, 0.1) is 5.92 Å². The Morgan fingerprint density at radius 1 is 1.29 bits per heavy atom. The molecule has 0 saturated heterocycles. The number of hydrogen-bond acceptors (Lipinski definition) is 3. The molecule has 3 nitrogen and oxygen atoms in total. The summed E-state index contributed by atoms with van der Waals surface area (Å²) >= 11 is 0. The van der Waals surface area contributed by atoms with Crippen molar-refractivity contribution in [2.45, 2.75) is 50.7 Å². The molecule has 0 heterocycles. The third-order valence-corrected chi connectivity index (χ3v) is 4.47. The molecule has 2 atom stereocenters. The number of rotatable bonds is 5. The van der Waals surface area contributed by atoms with E-state index < -0.39 is 11.7 Å². The van der Waals surface area contributed by atoms with Gasteiger partial charge in [-0.15, -0.1) is 0 Å². The predicted molar refractivity (Wildman–Crippen MR) is 86.7 cm³/mol. The lowest BCUT2D eigenvalue weighted by Crippen LogP contribution is -2.28. The van der Waals surface area contributed by atoms with Gasteiger partial charge in [-0.3, -0.25) is 0 Å². The van der Waals surface area contributed by atoms with Crippen LogP contribution in [0.25, 0.3) is 6.08 Å². The van der Waals surface area contributed by atoms with Gasteiger partial charge in [-0.25, -0.2) is 0 Å². The van der Waals surface area contributed by atoms with Gasteiger partial charge in [0.15, 0.2) is 0 Å². The molecule has 2 rings (SSSR count). The van der Waals surface area contributed by atoms with Gasteiger partial charge in [-0.1, -0.05) is 56.5 Å². The minimum atomic E-state index is -0.655. The van der Waals surface area contributed by atoms with Crippen LogP contribution in [0.15, 0.2) is 30.3 Å². The van der Waals surface area contributed by atoms with Gasteiger partial charge in [0.1, 0.15) is 0 Å². The molecular weight excluding hydrogens is 262 g/mol. The summed E-state index contributed by atoms with van der Waals surface area (Å²) in [6, 6.07) is 7.82. The molecule has 1 fully saturated rings. The van der Waals surface area contributed by atoms with Crippen molar-refractivity contribution in [3.05, 3.63) is 41.5 Å². The highest BCUT2D eigenvalue weighted by Gasteiger charge is 2.25. The summed E-state index contributed by atoms with van der Waals surface area (Å²) in [5.41, 5.74) is 6.85. The van der Waals surface area contributed by atoms with E-state index in [9.17, 15) is 10.2 Å². The van der Waals surface area contributed by atoms with Crippen molar-refractivity contribution in [1.82, 2.24) is 0 Å². The van der Waals surface area contributed by atoms with Crippen LogP contribution >= 0.6 is 0 Å². The molecule has 1 saturated carbocycles. The van der Waals surface area contributed by atoms with Gasteiger partial charge >= 0.3 is 0 Å². The molecule has 1 aliphatic rings. The van der Waals surface area contributed by atoms with E-state index in [1.54, 1.807) is 0 Å². The first-order valence-electron chi connectivity index (χ1n) is 7.94. The second kappa shape index (κ2) is 7.21. The summed E-state index contributed by atoms with van der Waals surface area (Å²) in [6.07, 6.45) is 8.43. The average Bonchev–Trinajstić information content (AvgIpc) is 2.52. The van der Waals surface area contributed by atoms with Crippen molar-refractivity contribution in [2.24, 2.45) is 11.7 Å². The van der Waals surface area contributed by atoms with E-state index in [0.29, 0.717) is 6.54 Å². The van der Waals surface area contributed by atoms with Gasteiger partial charge in [0.05, 0.1) is 11.7 Å². The topological polar surface area (TPSA) is 66.5 Å². The third kappa shape index (κ3) is 4.40. The fourth-order valence-corrected chi connectivity index (χ4v) is 2.89. The normalized spacial score (nSPS) is 21.3. The van der Waals surface area contributed by atoms with Gasteiger partial charge in [0.2, 0.25) is 0 Å². The zero-order valence-electron chi connectivity index (χ0n) is 12.8. The van der Waals surface area contributed by atoms with Crippen LogP contribution in [0.3, 0.4) is 0 Å². The molecule has 1 aromatic carbocycles. The Morgan fingerprint density at radius 2 is 2.00 bits per heavy atom. The van der Waals surface area contributed by atoms with Crippen molar-refractivity contribution >= 4 is 6.08 Å². The molecule has 0 aliphatic heterocycles. The Hall–Kier alpha value is -1.16. The van der Waals surface area contributed by atoms with Crippen molar-refractivity contribution in [3.63, 3.8) is 0 Å². The molecular formula is C18H27NO2. The Bertz CT molecular complexity index is 478. The summed E-state index contributed by atoms with van der Waals surface area (Å²) in [4.78, 5) is 0. The van der Waals surface area contributed by atoms with E-state index in [2.05, 4.69) is 0 Å². The van der Waals surface area contributed by atoms with Crippen LogP contribution in [-0.2, 0) is 0 Å². The lowest BCUT2D eigenvalue weighted by molar-refractivity contribution is 0.0521. The van der Waals surface area contributed by atoms with E-state index >= 15 is 0 Å². The summed E-state index contributed by atoms with van der Waals surface area (Å²) in [7, 11) is 0. The van der Waals surface area contributed by atoms with E-state index in [1.807, 2.05) is 43.3 Å². The first-order valence-corrected chi connectivity index (χ1v) is 7.94. The Kier molecular flexibility index (Phi) is 5.57. The number of aliphatic hydroxyl groups is 2. The fourth-order valence-electron chi connectivity index (χ4n) is 2.89. The predicted octanol–water partition coefficient (Wildman–Crippen LogP) is 3.02. The van der Waals surface area contributed by atoms with Crippen LogP contribution < -0.4 is 5.73 Å². The van der Waals surface area contributed by atoms with Crippen molar-refractivity contribution in [1.29, 1.82) is 0 Å². The quantitative estimate of drug-likeness (QED) is 0.780. The molecule has 0 aromatic heterocycles. The number of nitrogens with two attached hydrogens (primary N) is 1. The van der Waals surface area contributed by atoms with Crippen LogP contribution in [0.1, 0.15) is 56.3 Å². The van der Waals surface area contributed by atoms with E-state index in [0.717, 1.165) is 36.8 Å². The lowest BCUT2D eigenvalue weighted by Gasteiger charge is -2.28. The SMILES string of the molecule is CC(CN)C(O)c1cccc(/C=C/C2(O)CCCCC2)c1. The summed E-state index contributed by atoms with van der Waals surface area (Å²) in [6.45, 7) is 2.40. The first kappa shape index (κ1) is 16.2. The molecule has 0 amide bonds. The smallest absolute Gasteiger partial charge is 0.0830 e. The maximum atomic E-state index is 10.5. The van der Waals surface area contributed by atoms with Gasteiger partial charge in [-0.2, -0.15) is 0 Å². The summed E-state index contributed by atoms with van der Waals surface area (Å²) < 4.78 is 0. The summed E-state index contributed by atoms with van der Waals surface area (Å²) in [5, 5.41) is 20.7. The molecule has 4 N–H and O–H groups in total. The minimum absolute atomic E-state index is 0.0340. The molecule has 21 heavy (non-hydrogen) atoms. The fraction of sp³-hybridized carbons (Fsp3) is 0.556. The second-order valence-electron chi connectivity index (χ2n) is 6.33. The summed E-state index contributed by atoms with van der Waals surface area (Å²) in [5.74, 6) is 0.0340. The highest BCUT2D eigenvalue weighted by atomic mass is 16.3. The molecule has 0 bridgehead atoms. The molecule has 0 radical (unpaired) electrons. The maximum absolute atomic E-state index is 10.5. The van der Waals surface area contributed by atoms with Gasteiger partial charge in [-0.05, 0) is 42.5 Å². The van der Waals surface area contributed by atoms with Crippen LogP contribution in [0.2, 0.25) is 0 Å². The number of benzene rings is 1. The average molecular weight is 289 g/mol. The Balaban J connectivity index is 2.10. The van der Waals surface area contributed by atoms with Crippen molar-refractivity contribution in [3.8, 4) is 0 Å². The highest BCUT2D eigenvalue weighted by Crippen LogP contribution is 2.30. The lowest BCUT2D eigenvalue weighted by atomic mass is 9.84. The first-order chi connectivity index (χ1) is 10.0. The van der Waals surface area contributed by atoms with Gasteiger partial charge in [0, 0.05) is 0 Å². The van der Waals surface area contributed by atoms with E-state index in [-0.39, 0.29) is 5.92 Å². The maximum Gasteiger partial charge on any atom is 0.0830 e. The number of aliphatic hydroxyl groups excluding tert-OH is 1. The molecule has 116 valence electrons. The molecule has 3 heteroatoms. The zero-order valence-corrected chi connectivity index (χ0v) is 12.8. The van der Waals surface area contributed by atoms with Crippen molar-refractivity contribution in [2.75, 3.05) is 6.54 Å². The van der Waals surface area contributed by atoms with Crippen molar-refractivity contribution < 1.29 is 10.2 Å². The van der Waals surface area contributed by atoms with Crippen LogP contribution in [-0.4, -0.2) is 22.4 Å². The monoisotopic (exact) mass is 289 g/mol. The molecule has 1 aliphatic carbocycles. The van der Waals surface area contributed by atoms with Crippen LogP contribution in [0.4, 0.5) is 0 Å². The standard InChI is InChI=1S/C18H27NO2/c1-14(13-19)17(20)16-7-5-6-15(12-16)8-11-18(21)9-3-2-4-10-18/h5-8,11-12,14,17,20-21H,2-4,9-10,13,19H2,1H3/b11-8+.